The SMILES string of the molecule is O=C(Nc1cc(F)c(F)c(F)c1)c1ccccc1. The summed E-state index contributed by atoms with van der Waals surface area (Å²) in [6.07, 6.45) is 0. The van der Waals surface area contributed by atoms with Gasteiger partial charge in [-0.25, -0.2) is 13.2 Å². The van der Waals surface area contributed by atoms with Crippen molar-refractivity contribution in [3.63, 3.8) is 0 Å². The zero-order valence-electron chi connectivity index (χ0n) is 9.08. The molecule has 2 aromatic carbocycles. The second kappa shape index (κ2) is 4.91. The second-order valence-corrected chi connectivity index (χ2v) is 3.57. The van der Waals surface area contributed by atoms with E-state index in [1.165, 1.54) is 0 Å². The fourth-order valence-corrected chi connectivity index (χ4v) is 1.42. The predicted molar refractivity (Wildman–Crippen MR) is 60.7 cm³/mol. The molecule has 0 heterocycles. The molecule has 0 atom stereocenters. The summed E-state index contributed by atoms with van der Waals surface area (Å²) in [5, 5.41) is 2.28. The van der Waals surface area contributed by atoms with Crippen molar-refractivity contribution in [2.24, 2.45) is 0 Å². The van der Waals surface area contributed by atoms with Gasteiger partial charge in [0.1, 0.15) is 0 Å². The van der Waals surface area contributed by atoms with Gasteiger partial charge in [-0.2, -0.15) is 0 Å². The Kier molecular flexibility index (Phi) is 3.32. The average molecular weight is 251 g/mol. The molecule has 1 amide bonds. The van der Waals surface area contributed by atoms with E-state index in [9.17, 15) is 18.0 Å². The molecule has 5 heteroatoms. The molecule has 0 radical (unpaired) electrons. The number of rotatable bonds is 2. The highest BCUT2D eigenvalue weighted by molar-refractivity contribution is 6.04. The van der Waals surface area contributed by atoms with Crippen LogP contribution in [0.25, 0.3) is 0 Å². The lowest BCUT2D eigenvalue weighted by molar-refractivity contribution is 0.102. The Morgan fingerprint density at radius 3 is 2.06 bits per heavy atom. The van der Waals surface area contributed by atoms with Gasteiger partial charge in [0, 0.05) is 23.4 Å². The summed E-state index contributed by atoms with van der Waals surface area (Å²) < 4.78 is 38.6. The van der Waals surface area contributed by atoms with Crippen molar-refractivity contribution in [2.75, 3.05) is 5.32 Å². The Morgan fingerprint density at radius 2 is 1.50 bits per heavy atom. The van der Waals surface area contributed by atoms with Gasteiger partial charge in [-0.3, -0.25) is 4.79 Å². The van der Waals surface area contributed by atoms with Crippen LogP contribution in [0.1, 0.15) is 10.4 Å². The van der Waals surface area contributed by atoms with Crippen LogP contribution in [0.3, 0.4) is 0 Å². The van der Waals surface area contributed by atoms with E-state index in [0.29, 0.717) is 5.56 Å². The minimum atomic E-state index is -1.56. The fourth-order valence-electron chi connectivity index (χ4n) is 1.42. The van der Waals surface area contributed by atoms with Crippen molar-refractivity contribution >= 4 is 11.6 Å². The summed E-state index contributed by atoms with van der Waals surface area (Å²) in [6.45, 7) is 0. The molecule has 0 saturated carbocycles. The van der Waals surface area contributed by atoms with Crippen molar-refractivity contribution < 1.29 is 18.0 Å². The van der Waals surface area contributed by atoms with Crippen LogP contribution in [0, 0.1) is 17.5 Å². The van der Waals surface area contributed by atoms with E-state index >= 15 is 0 Å². The predicted octanol–water partition coefficient (Wildman–Crippen LogP) is 3.36. The van der Waals surface area contributed by atoms with Crippen LogP contribution in [0.2, 0.25) is 0 Å². The zero-order chi connectivity index (χ0) is 13.1. The number of carbonyl (C=O) groups excluding carboxylic acids is 1. The molecule has 0 unspecified atom stereocenters. The normalized spacial score (nSPS) is 10.2. The van der Waals surface area contributed by atoms with Crippen LogP contribution in [-0.2, 0) is 0 Å². The summed E-state index contributed by atoms with van der Waals surface area (Å²) in [4.78, 5) is 11.7. The first kappa shape index (κ1) is 12.2. The van der Waals surface area contributed by atoms with Gasteiger partial charge in [-0.15, -0.1) is 0 Å². The quantitative estimate of drug-likeness (QED) is 0.815. The van der Waals surface area contributed by atoms with Crippen LogP contribution in [-0.4, -0.2) is 5.91 Å². The highest BCUT2D eigenvalue weighted by atomic mass is 19.2. The third-order valence-corrected chi connectivity index (χ3v) is 2.28. The highest BCUT2D eigenvalue weighted by Crippen LogP contribution is 2.18. The molecule has 0 saturated heterocycles. The lowest BCUT2D eigenvalue weighted by atomic mass is 10.2. The number of hydrogen-bond acceptors (Lipinski definition) is 1. The van der Waals surface area contributed by atoms with Gasteiger partial charge in [0.2, 0.25) is 0 Å². The Balaban J connectivity index is 2.23. The largest absolute Gasteiger partial charge is 0.322 e. The second-order valence-electron chi connectivity index (χ2n) is 3.57. The Bertz CT molecular complexity index is 561. The first-order chi connectivity index (χ1) is 8.58. The Hall–Kier alpha value is -2.30. The van der Waals surface area contributed by atoms with Gasteiger partial charge >= 0.3 is 0 Å². The number of benzene rings is 2. The van der Waals surface area contributed by atoms with Crippen molar-refractivity contribution in [2.45, 2.75) is 0 Å². The minimum absolute atomic E-state index is 0.139. The molecule has 1 N–H and O–H groups in total. The van der Waals surface area contributed by atoms with Gasteiger partial charge in [0.05, 0.1) is 0 Å². The molecule has 2 nitrogen and oxygen atoms in total. The number of amides is 1. The Labute approximate surface area is 101 Å². The van der Waals surface area contributed by atoms with Crippen LogP contribution in [0.4, 0.5) is 18.9 Å². The molecule has 2 aromatic rings. The third kappa shape index (κ3) is 2.51. The van der Waals surface area contributed by atoms with Crippen LogP contribution < -0.4 is 5.32 Å². The smallest absolute Gasteiger partial charge is 0.255 e. The van der Waals surface area contributed by atoms with E-state index in [1.54, 1.807) is 30.3 Å². The number of anilines is 1. The number of carbonyl (C=O) groups is 1. The summed E-state index contributed by atoms with van der Waals surface area (Å²) in [6, 6.07) is 9.57. The fraction of sp³-hybridized carbons (Fsp3) is 0. The summed E-state index contributed by atoms with van der Waals surface area (Å²) in [5.74, 6) is -4.79. The maximum atomic E-state index is 12.9. The molecule has 0 aromatic heterocycles. The molecule has 2 rings (SSSR count). The van der Waals surface area contributed by atoms with Gasteiger partial charge in [0.15, 0.2) is 17.5 Å². The molecule has 0 fully saturated rings. The maximum Gasteiger partial charge on any atom is 0.255 e. The Morgan fingerprint density at radius 1 is 0.944 bits per heavy atom. The van der Waals surface area contributed by atoms with Gasteiger partial charge < -0.3 is 5.32 Å². The van der Waals surface area contributed by atoms with Crippen molar-refractivity contribution in [1.82, 2.24) is 0 Å². The van der Waals surface area contributed by atoms with E-state index in [2.05, 4.69) is 5.32 Å². The number of hydrogen-bond donors (Lipinski definition) is 1. The summed E-state index contributed by atoms with van der Waals surface area (Å²) in [5.41, 5.74) is 0.197. The van der Waals surface area contributed by atoms with E-state index in [4.69, 9.17) is 0 Å². The summed E-state index contributed by atoms with van der Waals surface area (Å²) >= 11 is 0. The van der Waals surface area contributed by atoms with Gasteiger partial charge in [-0.05, 0) is 12.1 Å². The molecule has 0 aliphatic rings. The lowest BCUT2D eigenvalue weighted by Gasteiger charge is -2.06. The standard InChI is InChI=1S/C13H8F3NO/c14-10-6-9(7-11(15)12(10)16)17-13(18)8-4-2-1-3-5-8/h1-7H,(H,17,18). The maximum absolute atomic E-state index is 12.9. The van der Waals surface area contributed by atoms with Crippen LogP contribution >= 0.6 is 0 Å². The zero-order valence-corrected chi connectivity index (χ0v) is 9.08. The van der Waals surface area contributed by atoms with E-state index in [-0.39, 0.29) is 5.69 Å². The minimum Gasteiger partial charge on any atom is -0.322 e. The molecule has 92 valence electrons. The summed E-state index contributed by atoms with van der Waals surface area (Å²) in [7, 11) is 0. The molecular formula is C13H8F3NO. The van der Waals surface area contributed by atoms with Gasteiger partial charge in [0.25, 0.3) is 5.91 Å². The van der Waals surface area contributed by atoms with E-state index in [0.717, 1.165) is 12.1 Å². The topological polar surface area (TPSA) is 29.1 Å². The first-order valence-corrected chi connectivity index (χ1v) is 5.09. The number of nitrogens with one attached hydrogen (secondary N) is 1. The average Bonchev–Trinajstić information content (AvgIpc) is 2.37. The van der Waals surface area contributed by atoms with Crippen LogP contribution in [0.5, 0.6) is 0 Å². The third-order valence-electron chi connectivity index (χ3n) is 2.28. The molecule has 0 aliphatic heterocycles. The molecule has 18 heavy (non-hydrogen) atoms. The monoisotopic (exact) mass is 251 g/mol. The molecular weight excluding hydrogens is 243 g/mol. The number of halogens is 3. The molecule has 0 aliphatic carbocycles. The lowest BCUT2D eigenvalue weighted by Crippen LogP contribution is -2.12. The molecule has 0 bridgehead atoms. The van der Waals surface area contributed by atoms with E-state index < -0.39 is 23.4 Å². The highest BCUT2D eigenvalue weighted by Gasteiger charge is 2.12. The van der Waals surface area contributed by atoms with Gasteiger partial charge in [-0.1, -0.05) is 18.2 Å². The first-order valence-electron chi connectivity index (χ1n) is 5.09. The van der Waals surface area contributed by atoms with Crippen LogP contribution in [0.15, 0.2) is 42.5 Å². The van der Waals surface area contributed by atoms with Crippen molar-refractivity contribution in [3.05, 3.63) is 65.5 Å². The molecule has 0 spiro atoms. The van der Waals surface area contributed by atoms with Crippen molar-refractivity contribution in [1.29, 1.82) is 0 Å². The van der Waals surface area contributed by atoms with Crippen molar-refractivity contribution in [3.8, 4) is 0 Å². The van der Waals surface area contributed by atoms with E-state index in [1.807, 2.05) is 0 Å².